The SMILES string of the molecule is CC(CCN)C(=O)Nc1ccc(Cl)c(Cl)c1. The highest BCUT2D eigenvalue weighted by atomic mass is 35.5. The minimum Gasteiger partial charge on any atom is -0.330 e. The molecule has 1 atom stereocenters. The van der Waals surface area contributed by atoms with Crippen LogP contribution >= 0.6 is 23.2 Å². The quantitative estimate of drug-likeness (QED) is 0.875. The number of anilines is 1. The van der Waals surface area contributed by atoms with E-state index in [4.69, 9.17) is 28.9 Å². The number of rotatable bonds is 4. The Morgan fingerprint density at radius 2 is 2.12 bits per heavy atom. The summed E-state index contributed by atoms with van der Waals surface area (Å²) in [6, 6.07) is 4.98. The van der Waals surface area contributed by atoms with Gasteiger partial charge in [-0.3, -0.25) is 4.79 Å². The molecule has 0 bridgehead atoms. The fourth-order valence-corrected chi connectivity index (χ4v) is 1.52. The van der Waals surface area contributed by atoms with Crippen LogP contribution in [0.15, 0.2) is 18.2 Å². The van der Waals surface area contributed by atoms with Gasteiger partial charge in [-0.05, 0) is 31.2 Å². The topological polar surface area (TPSA) is 55.1 Å². The van der Waals surface area contributed by atoms with E-state index in [9.17, 15) is 4.79 Å². The molecule has 0 aliphatic heterocycles. The third-order valence-corrected chi connectivity index (χ3v) is 2.97. The molecular weight excluding hydrogens is 247 g/mol. The lowest BCUT2D eigenvalue weighted by atomic mass is 10.1. The molecule has 0 saturated heterocycles. The van der Waals surface area contributed by atoms with Crippen molar-refractivity contribution in [3.63, 3.8) is 0 Å². The van der Waals surface area contributed by atoms with Gasteiger partial charge in [-0.25, -0.2) is 0 Å². The molecule has 1 aromatic rings. The first kappa shape index (κ1) is 13.3. The van der Waals surface area contributed by atoms with Gasteiger partial charge in [0.05, 0.1) is 10.0 Å². The Bertz CT molecular complexity index is 382. The summed E-state index contributed by atoms with van der Waals surface area (Å²) < 4.78 is 0. The van der Waals surface area contributed by atoms with Gasteiger partial charge >= 0.3 is 0 Å². The zero-order chi connectivity index (χ0) is 12.1. The van der Waals surface area contributed by atoms with E-state index in [0.29, 0.717) is 28.7 Å². The number of carbonyl (C=O) groups excluding carboxylic acids is 1. The third kappa shape index (κ3) is 3.67. The molecule has 5 heteroatoms. The van der Waals surface area contributed by atoms with Crippen molar-refractivity contribution in [2.75, 3.05) is 11.9 Å². The summed E-state index contributed by atoms with van der Waals surface area (Å²) in [6.45, 7) is 2.33. The Morgan fingerprint density at radius 1 is 1.44 bits per heavy atom. The largest absolute Gasteiger partial charge is 0.330 e. The van der Waals surface area contributed by atoms with Gasteiger partial charge in [-0.15, -0.1) is 0 Å². The molecule has 16 heavy (non-hydrogen) atoms. The number of hydrogen-bond acceptors (Lipinski definition) is 2. The van der Waals surface area contributed by atoms with Crippen LogP contribution in [-0.4, -0.2) is 12.5 Å². The molecule has 3 nitrogen and oxygen atoms in total. The molecule has 1 amide bonds. The summed E-state index contributed by atoms with van der Waals surface area (Å²) in [5.41, 5.74) is 6.03. The van der Waals surface area contributed by atoms with Gasteiger partial charge in [0.1, 0.15) is 0 Å². The molecule has 3 N–H and O–H groups in total. The van der Waals surface area contributed by atoms with E-state index in [-0.39, 0.29) is 11.8 Å². The summed E-state index contributed by atoms with van der Waals surface area (Å²) in [7, 11) is 0. The van der Waals surface area contributed by atoms with Crippen LogP contribution < -0.4 is 11.1 Å². The summed E-state index contributed by atoms with van der Waals surface area (Å²) >= 11 is 11.6. The Morgan fingerprint density at radius 3 is 2.69 bits per heavy atom. The maximum Gasteiger partial charge on any atom is 0.227 e. The fourth-order valence-electron chi connectivity index (χ4n) is 1.22. The average molecular weight is 261 g/mol. The van der Waals surface area contributed by atoms with Gasteiger partial charge < -0.3 is 11.1 Å². The Balaban J connectivity index is 2.66. The van der Waals surface area contributed by atoms with E-state index >= 15 is 0 Å². The van der Waals surface area contributed by atoms with Gasteiger partial charge in [-0.2, -0.15) is 0 Å². The Kier molecular flexibility index (Phi) is 5.06. The lowest BCUT2D eigenvalue weighted by molar-refractivity contribution is -0.119. The summed E-state index contributed by atoms with van der Waals surface area (Å²) in [5, 5.41) is 3.65. The second-order valence-corrected chi connectivity index (χ2v) is 4.41. The van der Waals surface area contributed by atoms with Crippen molar-refractivity contribution in [2.45, 2.75) is 13.3 Å². The third-order valence-electron chi connectivity index (χ3n) is 2.23. The summed E-state index contributed by atoms with van der Waals surface area (Å²) in [4.78, 5) is 11.7. The molecule has 0 heterocycles. The van der Waals surface area contributed by atoms with Crippen molar-refractivity contribution in [3.8, 4) is 0 Å². The van der Waals surface area contributed by atoms with Gasteiger partial charge in [-0.1, -0.05) is 30.1 Å². The molecule has 0 radical (unpaired) electrons. The highest BCUT2D eigenvalue weighted by molar-refractivity contribution is 6.42. The van der Waals surface area contributed by atoms with Crippen LogP contribution in [0.5, 0.6) is 0 Å². The molecule has 1 unspecified atom stereocenters. The van der Waals surface area contributed by atoms with E-state index in [1.54, 1.807) is 18.2 Å². The fraction of sp³-hybridized carbons (Fsp3) is 0.364. The molecule has 0 aliphatic carbocycles. The maximum absolute atomic E-state index is 11.7. The van der Waals surface area contributed by atoms with Gasteiger partial charge in [0.2, 0.25) is 5.91 Å². The van der Waals surface area contributed by atoms with Crippen molar-refractivity contribution in [1.82, 2.24) is 0 Å². The number of halogens is 2. The van der Waals surface area contributed by atoms with Crippen molar-refractivity contribution < 1.29 is 4.79 Å². The van der Waals surface area contributed by atoms with Crippen LogP contribution in [0, 0.1) is 5.92 Å². The first-order chi connectivity index (χ1) is 7.54. The molecule has 0 spiro atoms. The zero-order valence-corrected chi connectivity index (χ0v) is 10.5. The van der Waals surface area contributed by atoms with Crippen molar-refractivity contribution in [2.24, 2.45) is 11.7 Å². The number of nitrogens with two attached hydrogens (primary N) is 1. The Hall–Kier alpha value is -0.770. The molecule has 0 aromatic heterocycles. The van der Waals surface area contributed by atoms with Crippen molar-refractivity contribution in [1.29, 1.82) is 0 Å². The molecular formula is C11H14Cl2N2O. The highest BCUT2D eigenvalue weighted by Crippen LogP contribution is 2.25. The summed E-state index contributed by atoms with van der Waals surface area (Å²) in [5.74, 6) is -0.178. The first-order valence-corrected chi connectivity index (χ1v) is 5.76. The van der Waals surface area contributed by atoms with Gasteiger partial charge in [0.15, 0.2) is 0 Å². The van der Waals surface area contributed by atoms with Crippen LogP contribution in [0.1, 0.15) is 13.3 Å². The zero-order valence-electron chi connectivity index (χ0n) is 8.97. The number of amides is 1. The van der Waals surface area contributed by atoms with E-state index in [0.717, 1.165) is 0 Å². The van der Waals surface area contributed by atoms with Gasteiger partial charge in [0, 0.05) is 11.6 Å². The number of benzene rings is 1. The maximum atomic E-state index is 11.7. The highest BCUT2D eigenvalue weighted by Gasteiger charge is 2.12. The molecule has 0 saturated carbocycles. The lowest BCUT2D eigenvalue weighted by Crippen LogP contribution is -2.22. The Labute approximate surface area is 105 Å². The minimum atomic E-state index is -0.112. The number of hydrogen-bond donors (Lipinski definition) is 2. The van der Waals surface area contributed by atoms with E-state index in [2.05, 4.69) is 5.32 Å². The van der Waals surface area contributed by atoms with E-state index in [1.807, 2.05) is 6.92 Å². The monoisotopic (exact) mass is 260 g/mol. The van der Waals surface area contributed by atoms with Crippen molar-refractivity contribution >= 4 is 34.8 Å². The van der Waals surface area contributed by atoms with E-state index in [1.165, 1.54) is 0 Å². The van der Waals surface area contributed by atoms with Crippen LogP contribution in [0.25, 0.3) is 0 Å². The normalized spacial score (nSPS) is 12.2. The molecule has 1 rings (SSSR count). The molecule has 0 aliphatic rings. The van der Waals surface area contributed by atoms with Crippen LogP contribution in [0.2, 0.25) is 10.0 Å². The molecule has 88 valence electrons. The van der Waals surface area contributed by atoms with Gasteiger partial charge in [0.25, 0.3) is 0 Å². The molecule has 1 aromatic carbocycles. The second-order valence-electron chi connectivity index (χ2n) is 3.60. The first-order valence-electron chi connectivity index (χ1n) is 5.00. The number of carbonyl (C=O) groups is 1. The van der Waals surface area contributed by atoms with E-state index < -0.39 is 0 Å². The van der Waals surface area contributed by atoms with Crippen LogP contribution in [-0.2, 0) is 4.79 Å². The van der Waals surface area contributed by atoms with Crippen molar-refractivity contribution in [3.05, 3.63) is 28.2 Å². The predicted octanol–water partition coefficient (Wildman–Crippen LogP) is 2.92. The lowest BCUT2D eigenvalue weighted by Gasteiger charge is -2.11. The smallest absolute Gasteiger partial charge is 0.227 e. The summed E-state index contributed by atoms with van der Waals surface area (Å²) in [6.07, 6.45) is 0.660. The standard InChI is InChI=1S/C11H14Cl2N2O/c1-7(4-5-14)11(16)15-8-2-3-9(12)10(13)6-8/h2-3,6-7H,4-5,14H2,1H3,(H,15,16). The van der Waals surface area contributed by atoms with Crippen LogP contribution in [0.3, 0.4) is 0 Å². The number of nitrogens with one attached hydrogen (secondary N) is 1. The minimum absolute atomic E-state index is 0.0659. The predicted molar refractivity (Wildman–Crippen MR) is 67.9 cm³/mol. The molecule has 0 fully saturated rings. The van der Waals surface area contributed by atoms with Crippen LogP contribution in [0.4, 0.5) is 5.69 Å². The average Bonchev–Trinajstić information content (AvgIpc) is 2.24. The second kappa shape index (κ2) is 6.09.